The first-order valence-corrected chi connectivity index (χ1v) is 10.3. The molecule has 0 radical (unpaired) electrons. The van der Waals surface area contributed by atoms with Crippen LogP contribution in [0.2, 0.25) is 0 Å². The van der Waals surface area contributed by atoms with Gasteiger partial charge in [-0.2, -0.15) is 0 Å². The zero-order valence-electron chi connectivity index (χ0n) is 17.4. The van der Waals surface area contributed by atoms with E-state index < -0.39 is 0 Å². The van der Waals surface area contributed by atoms with Crippen molar-refractivity contribution in [1.29, 1.82) is 0 Å². The summed E-state index contributed by atoms with van der Waals surface area (Å²) in [4.78, 5) is 28.5. The summed E-state index contributed by atoms with van der Waals surface area (Å²) in [5.74, 6) is 1.22. The van der Waals surface area contributed by atoms with Gasteiger partial charge in [0, 0.05) is 38.8 Å². The van der Waals surface area contributed by atoms with Gasteiger partial charge in [-0.15, -0.1) is 0 Å². The third-order valence-electron chi connectivity index (χ3n) is 5.63. The van der Waals surface area contributed by atoms with E-state index in [4.69, 9.17) is 9.47 Å². The SMILES string of the molecule is COc1ccc(CN2CCN(CC(=O)NC(=O)NC3CCCC3)CC2)cc1OC. The van der Waals surface area contributed by atoms with Crippen molar-refractivity contribution in [3.63, 3.8) is 0 Å². The quantitative estimate of drug-likeness (QED) is 0.718. The summed E-state index contributed by atoms with van der Waals surface area (Å²) in [5.41, 5.74) is 1.16. The molecule has 1 saturated carbocycles. The Kier molecular flexibility index (Phi) is 7.71. The van der Waals surface area contributed by atoms with Gasteiger partial charge in [0.25, 0.3) is 0 Å². The largest absolute Gasteiger partial charge is 0.493 e. The summed E-state index contributed by atoms with van der Waals surface area (Å²) in [6, 6.07) is 5.81. The maximum absolute atomic E-state index is 12.1. The van der Waals surface area contributed by atoms with Gasteiger partial charge in [-0.1, -0.05) is 18.9 Å². The van der Waals surface area contributed by atoms with Crippen LogP contribution in [0.3, 0.4) is 0 Å². The van der Waals surface area contributed by atoms with Gasteiger partial charge in [0.15, 0.2) is 11.5 Å². The van der Waals surface area contributed by atoms with Crippen molar-refractivity contribution in [3.05, 3.63) is 23.8 Å². The zero-order valence-corrected chi connectivity index (χ0v) is 17.4. The smallest absolute Gasteiger partial charge is 0.321 e. The third kappa shape index (κ3) is 6.33. The molecule has 1 aliphatic carbocycles. The first kappa shape index (κ1) is 21.4. The van der Waals surface area contributed by atoms with Gasteiger partial charge in [-0.25, -0.2) is 4.79 Å². The van der Waals surface area contributed by atoms with Gasteiger partial charge in [0.1, 0.15) is 0 Å². The highest BCUT2D eigenvalue weighted by Gasteiger charge is 2.22. The van der Waals surface area contributed by atoms with Crippen molar-refractivity contribution in [2.45, 2.75) is 38.3 Å². The van der Waals surface area contributed by atoms with E-state index in [1.807, 2.05) is 18.2 Å². The highest BCUT2D eigenvalue weighted by atomic mass is 16.5. The number of hydrogen-bond acceptors (Lipinski definition) is 6. The summed E-state index contributed by atoms with van der Waals surface area (Å²) in [5, 5.41) is 5.34. The van der Waals surface area contributed by atoms with Crippen molar-refractivity contribution in [2.75, 3.05) is 46.9 Å². The number of carbonyl (C=O) groups excluding carboxylic acids is 2. The maximum Gasteiger partial charge on any atom is 0.321 e. The van der Waals surface area contributed by atoms with Crippen LogP contribution in [0.4, 0.5) is 4.79 Å². The summed E-state index contributed by atoms with van der Waals surface area (Å²) in [6.07, 6.45) is 4.30. The van der Waals surface area contributed by atoms with Crippen LogP contribution in [0, 0.1) is 0 Å². The zero-order chi connectivity index (χ0) is 20.6. The van der Waals surface area contributed by atoms with Crippen molar-refractivity contribution in [2.24, 2.45) is 0 Å². The van der Waals surface area contributed by atoms with E-state index >= 15 is 0 Å². The molecule has 3 rings (SSSR count). The van der Waals surface area contributed by atoms with E-state index in [0.717, 1.165) is 75.5 Å². The molecule has 1 saturated heterocycles. The monoisotopic (exact) mass is 404 g/mol. The standard InChI is InChI=1S/C21H32N4O4/c1-28-18-8-7-16(13-19(18)29-2)14-24-9-11-25(12-10-24)15-20(26)23-21(27)22-17-5-3-4-6-17/h7-8,13,17H,3-6,9-12,14-15H2,1-2H3,(H2,22,23,26,27). The van der Waals surface area contributed by atoms with Crippen molar-refractivity contribution < 1.29 is 19.1 Å². The van der Waals surface area contributed by atoms with E-state index in [1.165, 1.54) is 0 Å². The lowest BCUT2D eigenvalue weighted by Crippen LogP contribution is -2.51. The normalized spacial score (nSPS) is 18.4. The molecule has 29 heavy (non-hydrogen) atoms. The van der Waals surface area contributed by atoms with E-state index in [2.05, 4.69) is 20.4 Å². The van der Waals surface area contributed by atoms with Gasteiger partial charge in [0.05, 0.1) is 20.8 Å². The van der Waals surface area contributed by atoms with Gasteiger partial charge < -0.3 is 14.8 Å². The number of imide groups is 1. The van der Waals surface area contributed by atoms with E-state index in [-0.39, 0.29) is 24.5 Å². The lowest BCUT2D eigenvalue weighted by atomic mass is 10.1. The minimum atomic E-state index is -0.367. The molecule has 8 heteroatoms. The van der Waals surface area contributed by atoms with Crippen LogP contribution in [0.1, 0.15) is 31.2 Å². The molecule has 3 amide bonds. The van der Waals surface area contributed by atoms with E-state index in [9.17, 15) is 9.59 Å². The number of methoxy groups -OCH3 is 2. The Bertz CT molecular complexity index is 698. The molecule has 2 fully saturated rings. The van der Waals surface area contributed by atoms with Crippen LogP contribution in [0.15, 0.2) is 18.2 Å². The summed E-state index contributed by atoms with van der Waals surface area (Å²) in [7, 11) is 3.27. The lowest BCUT2D eigenvalue weighted by molar-refractivity contribution is -0.121. The average Bonchev–Trinajstić information content (AvgIpc) is 3.22. The number of amides is 3. The molecular formula is C21H32N4O4. The second-order valence-electron chi connectivity index (χ2n) is 7.74. The van der Waals surface area contributed by atoms with Gasteiger partial charge in [0.2, 0.25) is 5.91 Å². The molecule has 1 aliphatic heterocycles. The second kappa shape index (κ2) is 10.5. The summed E-state index contributed by atoms with van der Waals surface area (Å²) < 4.78 is 10.7. The molecule has 0 unspecified atom stereocenters. The number of carbonyl (C=O) groups is 2. The molecular weight excluding hydrogens is 372 g/mol. The molecule has 0 bridgehead atoms. The minimum absolute atomic E-state index is 0.211. The third-order valence-corrected chi connectivity index (χ3v) is 5.63. The van der Waals surface area contributed by atoms with Gasteiger partial charge in [-0.05, 0) is 30.5 Å². The molecule has 2 aliphatic rings. The van der Waals surface area contributed by atoms with Gasteiger partial charge >= 0.3 is 6.03 Å². The molecule has 1 aromatic rings. The highest BCUT2D eigenvalue weighted by molar-refractivity contribution is 5.95. The Morgan fingerprint density at radius 3 is 2.31 bits per heavy atom. The molecule has 1 heterocycles. The number of hydrogen-bond donors (Lipinski definition) is 2. The predicted octanol–water partition coefficient (Wildman–Crippen LogP) is 1.59. The van der Waals surface area contributed by atoms with Gasteiger partial charge in [-0.3, -0.25) is 19.9 Å². The fraction of sp³-hybridized carbons (Fsp3) is 0.619. The molecule has 0 atom stereocenters. The lowest BCUT2D eigenvalue weighted by Gasteiger charge is -2.34. The van der Waals surface area contributed by atoms with Crippen LogP contribution in [0.25, 0.3) is 0 Å². The number of rotatable bonds is 7. The van der Waals surface area contributed by atoms with Crippen LogP contribution >= 0.6 is 0 Å². The number of ether oxygens (including phenoxy) is 2. The first-order valence-electron chi connectivity index (χ1n) is 10.3. The predicted molar refractivity (Wildman–Crippen MR) is 110 cm³/mol. The first-order chi connectivity index (χ1) is 14.1. The van der Waals surface area contributed by atoms with Crippen molar-refractivity contribution in [1.82, 2.24) is 20.4 Å². The molecule has 8 nitrogen and oxygen atoms in total. The molecule has 1 aromatic carbocycles. The summed E-state index contributed by atoms with van der Waals surface area (Å²) >= 11 is 0. The molecule has 160 valence electrons. The molecule has 2 N–H and O–H groups in total. The summed E-state index contributed by atoms with van der Waals surface area (Å²) in [6.45, 7) is 4.41. The van der Waals surface area contributed by atoms with Crippen LogP contribution in [0.5, 0.6) is 11.5 Å². The van der Waals surface area contributed by atoms with Crippen LogP contribution in [-0.4, -0.2) is 74.7 Å². The van der Waals surface area contributed by atoms with E-state index in [0.29, 0.717) is 0 Å². The Hall–Kier alpha value is -2.32. The Morgan fingerprint density at radius 1 is 1.00 bits per heavy atom. The Labute approximate surface area is 172 Å². The number of urea groups is 1. The van der Waals surface area contributed by atoms with Crippen molar-refractivity contribution >= 4 is 11.9 Å². The van der Waals surface area contributed by atoms with E-state index in [1.54, 1.807) is 14.2 Å². The fourth-order valence-corrected chi connectivity index (χ4v) is 4.00. The average molecular weight is 405 g/mol. The molecule has 0 aromatic heterocycles. The number of piperazine rings is 1. The van der Waals surface area contributed by atoms with Crippen LogP contribution < -0.4 is 20.1 Å². The number of nitrogens with one attached hydrogen (secondary N) is 2. The fourth-order valence-electron chi connectivity index (χ4n) is 4.00. The number of nitrogens with zero attached hydrogens (tertiary/aromatic N) is 2. The van der Waals surface area contributed by atoms with Crippen molar-refractivity contribution in [3.8, 4) is 11.5 Å². The highest BCUT2D eigenvalue weighted by Crippen LogP contribution is 2.28. The number of benzene rings is 1. The molecule has 0 spiro atoms. The van der Waals surface area contributed by atoms with Crippen LogP contribution in [-0.2, 0) is 11.3 Å². The Morgan fingerprint density at radius 2 is 1.66 bits per heavy atom. The second-order valence-corrected chi connectivity index (χ2v) is 7.74. The minimum Gasteiger partial charge on any atom is -0.493 e. The maximum atomic E-state index is 12.1. The topological polar surface area (TPSA) is 83.1 Å². The Balaban J connectivity index is 1.38.